The van der Waals surface area contributed by atoms with E-state index in [1.165, 1.54) is 30.4 Å². The van der Waals surface area contributed by atoms with E-state index in [-0.39, 0.29) is 95.2 Å². The molecule has 2 aromatic carbocycles. The zero-order chi connectivity index (χ0) is 22.5. The average molecular weight is 846 g/mol. The molecule has 2 radical (unpaired) electrons. The van der Waals surface area contributed by atoms with Crippen LogP contribution in [0.4, 0.5) is 2.86 Å². The molecule has 0 saturated carbocycles. The Morgan fingerprint density at radius 3 is 1.48 bits per heavy atom. The third-order valence-electron chi connectivity index (χ3n) is 4.59. The molecule has 0 spiro atoms. The van der Waals surface area contributed by atoms with E-state index in [1.807, 2.05) is 6.07 Å². The van der Waals surface area contributed by atoms with Crippen molar-refractivity contribution < 1.29 is 73.1 Å². The first kappa shape index (κ1) is 41.9. The molecule has 7 heteroatoms. The van der Waals surface area contributed by atoms with Crippen LogP contribution in [0.1, 0.15) is 62.5 Å². The number of Topliss-reactive ketones (excluding diaryl/α,β-unsaturated/α-hetero) is 1. The fourth-order valence-electron chi connectivity index (χ4n) is 2.84. The number of hydrogen-bond acceptors (Lipinski definition) is 2. The SMILES string of the molecule is FI.I.[CH2-]CC(=O)CCCCc1ccccc1.[CH2-]CC(=S)CCCCc1ccccc1.[Y].[Y]. The van der Waals surface area contributed by atoms with Crippen LogP contribution in [0.15, 0.2) is 60.7 Å². The maximum atomic E-state index is 11.0. The molecule has 180 valence electrons. The Morgan fingerprint density at radius 2 is 1.12 bits per heavy atom. The van der Waals surface area contributed by atoms with Gasteiger partial charge in [-0.25, -0.2) is 0 Å². The van der Waals surface area contributed by atoms with Crippen molar-refractivity contribution in [1.82, 2.24) is 0 Å². The third kappa shape index (κ3) is 26.7. The normalized spacial score (nSPS) is 8.73. The summed E-state index contributed by atoms with van der Waals surface area (Å²) in [6, 6.07) is 21.0. The Morgan fingerprint density at radius 1 is 0.727 bits per heavy atom. The van der Waals surface area contributed by atoms with Crippen molar-refractivity contribution in [2.24, 2.45) is 0 Å². The number of hydrogen-bond donors (Lipinski definition) is 0. The van der Waals surface area contributed by atoms with Crippen LogP contribution in [0.5, 0.6) is 0 Å². The third-order valence-corrected chi connectivity index (χ3v) is 4.99. The molecular weight excluding hydrogens is 811 g/mol. The molecule has 33 heavy (non-hydrogen) atoms. The molecular formula is C26H35FI2OSY2-2. The van der Waals surface area contributed by atoms with Gasteiger partial charge in [-0.15, -0.1) is 36.8 Å². The Kier molecular flexibility index (Phi) is 40.4. The van der Waals surface area contributed by atoms with E-state index in [0.717, 1.165) is 37.0 Å². The van der Waals surface area contributed by atoms with Gasteiger partial charge in [0.2, 0.25) is 0 Å². The summed E-state index contributed by atoms with van der Waals surface area (Å²) in [7, 11) is 0. The molecule has 0 N–H and O–H groups in total. The molecule has 2 aromatic rings. The summed E-state index contributed by atoms with van der Waals surface area (Å²) in [5, 5.41) is 0. The number of halogens is 3. The van der Waals surface area contributed by atoms with Gasteiger partial charge < -0.3 is 18.6 Å². The number of ketones is 1. The molecule has 0 fully saturated rings. The second-order valence-corrected chi connectivity index (χ2v) is 7.54. The average Bonchev–Trinajstić information content (AvgIpc) is 2.82. The molecule has 0 unspecified atom stereocenters. The largest absolute Gasteiger partial charge is 0.339 e. The molecule has 0 amide bonds. The van der Waals surface area contributed by atoms with Gasteiger partial charge in [-0.1, -0.05) is 72.9 Å². The molecule has 0 bridgehead atoms. The number of carbonyl (C=O) groups is 1. The first-order valence-electron chi connectivity index (χ1n) is 10.5. The van der Waals surface area contributed by atoms with Crippen molar-refractivity contribution in [2.45, 2.75) is 64.2 Å². The first-order valence-corrected chi connectivity index (χ1v) is 11.7. The molecule has 2 rings (SSSR count). The van der Waals surface area contributed by atoms with E-state index < -0.39 is 0 Å². The quantitative estimate of drug-likeness (QED) is 0.0919. The molecule has 0 aromatic heterocycles. The maximum absolute atomic E-state index is 11.0. The monoisotopic (exact) mass is 846 g/mol. The molecule has 0 aliphatic rings. The number of aryl methyl sites for hydroxylation is 2. The van der Waals surface area contributed by atoms with Gasteiger partial charge >= 0.3 is 0 Å². The second kappa shape index (κ2) is 31.8. The molecule has 0 aliphatic heterocycles. The van der Waals surface area contributed by atoms with Gasteiger partial charge in [0.15, 0.2) is 23.2 Å². The van der Waals surface area contributed by atoms with Gasteiger partial charge in [0.05, 0.1) is 0 Å². The number of benzene rings is 2. The van der Waals surface area contributed by atoms with Gasteiger partial charge in [0.1, 0.15) is 5.78 Å². The smallest absolute Gasteiger partial charge is 0.171 e. The minimum absolute atomic E-state index is 0. The summed E-state index contributed by atoms with van der Waals surface area (Å²) in [5.74, 6) is 0.276. The number of carbonyl (C=O) groups excluding carboxylic acids is 1. The zero-order valence-electron chi connectivity index (χ0n) is 19.4. The summed E-state index contributed by atoms with van der Waals surface area (Å²) in [6.45, 7) is 7.35. The van der Waals surface area contributed by atoms with Gasteiger partial charge in [0, 0.05) is 71.8 Å². The Bertz CT molecular complexity index is 617. The van der Waals surface area contributed by atoms with E-state index in [2.05, 4.69) is 68.4 Å². The van der Waals surface area contributed by atoms with Crippen LogP contribution >= 0.6 is 59.4 Å². The van der Waals surface area contributed by atoms with Crippen molar-refractivity contribution in [3.8, 4) is 0 Å². The summed E-state index contributed by atoms with van der Waals surface area (Å²) in [6.07, 6.45) is 9.74. The summed E-state index contributed by atoms with van der Waals surface area (Å²) in [4.78, 5) is 12.1. The first-order chi connectivity index (χ1) is 14.7. The summed E-state index contributed by atoms with van der Waals surface area (Å²) >= 11 is 5.77. The standard InChI is InChI=1S/C13H17O.C13H17S.FI.HI.2Y/c2*1-2-13(14)11-7-6-10-12-8-4-3-5-9-12;1-2;;;/h2*3-5,8-9H,1-2,6-7,10-11H2;;1H;;/q2*-1;;;;. The van der Waals surface area contributed by atoms with E-state index >= 15 is 0 Å². The molecule has 0 aliphatic carbocycles. The van der Waals surface area contributed by atoms with Gasteiger partial charge in [0.25, 0.3) is 0 Å². The van der Waals surface area contributed by atoms with Crippen LogP contribution in [0.25, 0.3) is 0 Å². The molecule has 1 nitrogen and oxygen atoms in total. The van der Waals surface area contributed by atoms with E-state index in [1.54, 1.807) is 0 Å². The van der Waals surface area contributed by atoms with E-state index in [4.69, 9.17) is 12.2 Å². The fraction of sp³-hybridized carbons (Fsp3) is 0.385. The molecule has 0 atom stereocenters. The van der Waals surface area contributed by atoms with Crippen LogP contribution in [0.3, 0.4) is 0 Å². The van der Waals surface area contributed by atoms with E-state index in [0.29, 0.717) is 36.0 Å². The molecule has 0 heterocycles. The van der Waals surface area contributed by atoms with Crippen LogP contribution in [0, 0.1) is 13.8 Å². The van der Waals surface area contributed by atoms with Gasteiger partial charge in [-0.3, -0.25) is 0 Å². The zero-order valence-corrected chi connectivity index (χ0v) is 30.4. The number of rotatable bonds is 12. The molecule has 0 saturated heterocycles. The van der Waals surface area contributed by atoms with Crippen LogP contribution in [-0.2, 0) is 83.1 Å². The van der Waals surface area contributed by atoms with Crippen LogP contribution < -0.4 is 0 Å². The Labute approximate surface area is 288 Å². The van der Waals surface area contributed by atoms with Crippen molar-refractivity contribution in [3.05, 3.63) is 85.6 Å². The van der Waals surface area contributed by atoms with Crippen molar-refractivity contribution in [1.29, 1.82) is 0 Å². The maximum Gasteiger partial charge on any atom is 0.171 e. The van der Waals surface area contributed by atoms with Gasteiger partial charge in [-0.2, -0.15) is 2.86 Å². The Balaban J connectivity index is -0.000000218. The number of unbranched alkanes of at least 4 members (excludes halogenated alkanes) is 2. The summed E-state index contributed by atoms with van der Waals surface area (Å²) < 4.78 is 9.47. The summed E-state index contributed by atoms with van der Waals surface area (Å²) in [5.41, 5.74) is 2.78. The predicted octanol–water partition coefficient (Wildman–Crippen LogP) is 9.11. The van der Waals surface area contributed by atoms with Crippen LogP contribution in [0.2, 0.25) is 0 Å². The van der Waals surface area contributed by atoms with Crippen molar-refractivity contribution in [2.75, 3.05) is 0 Å². The predicted molar refractivity (Wildman–Crippen MR) is 156 cm³/mol. The minimum Gasteiger partial charge on any atom is -0.339 e. The minimum atomic E-state index is 0. The second-order valence-electron chi connectivity index (χ2n) is 6.96. The van der Waals surface area contributed by atoms with Crippen molar-refractivity contribution >= 4 is 70.0 Å². The van der Waals surface area contributed by atoms with Gasteiger partial charge in [-0.05, 0) is 60.9 Å². The Hall–Kier alpha value is 1.80. The topological polar surface area (TPSA) is 17.1 Å². The van der Waals surface area contributed by atoms with Crippen LogP contribution in [-0.4, -0.2) is 10.6 Å². The fourth-order valence-corrected chi connectivity index (χ4v) is 2.99. The van der Waals surface area contributed by atoms with E-state index in [9.17, 15) is 7.65 Å². The number of thiocarbonyl (C=S) groups is 1. The van der Waals surface area contributed by atoms with Crippen molar-refractivity contribution in [3.63, 3.8) is 0 Å².